The summed E-state index contributed by atoms with van der Waals surface area (Å²) in [5.74, 6) is 0.805. The lowest BCUT2D eigenvalue weighted by Gasteiger charge is -2.35. The highest BCUT2D eigenvalue weighted by molar-refractivity contribution is 7.07. The maximum Gasteiger partial charge on any atom is 0.119 e. The SMILES string of the molecule is O[C@H](COc1ccccc1)CN1CCN(Cc2cscn2)CC1. The first-order valence-corrected chi connectivity index (χ1v) is 8.91. The van der Waals surface area contributed by atoms with E-state index in [0.717, 1.165) is 44.2 Å². The van der Waals surface area contributed by atoms with Crippen molar-refractivity contribution in [1.29, 1.82) is 0 Å². The van der Waals surface area contributed by atoms with Gasteiger partial charge in [0, 0.05) is 44.6 Å². The van der Waals surface area contributed by atoms with Gasteiger partial charge in [-0.3, -0.25) is 9.80 Å². The lowest BCUT2D eigenvalue weighted by molar-refractivity contribution is 0.0444. The number of hydrogen-bond acceptors (Lipinski definition) is 6. The van der Waals surface area contributed by atoms with Gasteiger partial charge in [0.15, 0.2) is 0 Å². The zero-order valence-corrected chi connectivity index (χ0v) is 14.0. The minimum Gasteiger partial charge on any atom is -0.491 e. The number of rotatable bonds is 7. The predicted octanol–water partition coefficient (Wildman–Crippen LogP) is 1.70. The van der Waals surface area contributed by atoms with Crippen LogP contribution in [0.3, 0.4) is 0 Å². The largest absolute Gasteiger partial charge is 0.491 e. The minimum atomic E-state index is -0.458. The molecule has 1 aromatic heterocycles. The third-order valence-corrected chi connectivity index (χ3v) is 4.62. The van der Waals surface area contributed by atoms with E-state index in [1.54, 1.807) is 11.3 Å². The van der Waals surface area contributed by atoms with Gasteiger partial charge in [-0.05, 0) is 12.1 Å². The van der Waals surface area contributed by atoms with E-state index >= 15 is 0 Å². The van der Waals surface area contributed by atoms with Crippen LogP contribution in [0.4, 0.5) is 0 Å². The Kier molecular flexibility index (Phi) is 5.99. The van der Waals surface area contributed by atoms with Crippen LogP contribution in [0.15, 0.2) is 41.2 Å². The van der Waals surface area contributed by atoms with Crippen molar-refractivity contribution in [3.63, 3.8) is 0 Å². The summed E-state index contributed by atoms with van der Waals surface area (Å²) in [4.78, 5) is 9.05. The number of aliphatic hydroxyl groups is 1. The van der Waals surface area contributed by atoms with Crippen molar-refractivity contribution in [1.82, 2.24) is 14.8 Å². The standard InChI is InChI=1S/C17H23N3O2S/c21-16(12-22-17-4-2-1-3-5-17)11-20-8-6-19(7-9-20)10-15-13-23-14-18-15/h1-5,13-14,16,21H,6-12H2/t16-/m0/s1. The summed E-state index contributed by atoms with van der Waals surface area (Å²) >= 11 is 1.65. The molecule has 0 saturated carbocycles. The fourth-order valence-electron chi connectivity index (χ4n) is 2.73. The molecule has 1 atom stereocenters. The van der Waals surface area contributed by atoms with Gasteiger partial charge in [-0.25, -0.2) is 4.98 Å². The molecular weight excluding hydrogens is 310 g/mol. The number of piperazine rings is 1. The van der Waals surface area contributed by atoms with Gasteiger partial charge < -0.3 is 9.84 Å². The molecule has 0 amide bonds. The molecule has 3 rings (SSSR count). The van der Waals surface area contributed by atoms with E-state index in [0.29, 0.717) is 13.2 Å². The number of benzene rings is 1. The van der Waals surface area contributed by atoms with E-state index in [2.05, 4.69) is 20.2 Å². The minimum absolute atomic E-state index is 0.336. The summed E-state index contributed by atoms with van der Waals surface area (Å²) in [6.45, 7) is 5.92. The van der Waals surface area contributed by atoms with Crippen LogP contribution in [-0.4, -0.2) is 65.3 Å². The van der Waals surface area contributed by atoms with E-state index in [1.807, 2.05) is 35.8 Å². The maximum absolute atomic E-state index is 10.1. The number of nitrogens with zero attached hydrogens (tertiary/aromatic N) is 3. The maximum atomic E-state index is 10.1. The molecule has 0 aliphatic carbocycles. The third-order valence-electron chi connectivity index (χ3n) is 3.99. The molecule has 5 nitrogen and oxygen atoms in total. The summed E-state index contributed by atoms with van der Waals surface area (Å²) in [7, 11) is 0. The summed E-state index contributed by atoms with van der Waals surface area (Å²) in [5, 5.41) is 12.3. The van der Waals surface area contributed by atoms with Gasteiger partial charge >= 0.3 is 0 Å². The van der Waals surface area contributed by atoms with Gasteiger partial charge in [0.1, 0.15) is 18.5 Å². The normalized spacial score (nSPS) is 18.0. The van der Waals surface area contributed by atoms with E-state index < -0.39 is 6.10 Å². The van der Waals surface area contributed by atoms with Crippen LogP contribution >= 0.6 is 11.3 Å². The van der Waals surface area contributed by atoms with Crippen molar-refractivity contribution in [3.05, 3.63) is 46.9 Å². The highest BCUT2D eigenvalue weighted by atomic mass is 32.1. The van der Waals surface area contributed by atoms with Crippen LogP contribution in [-0.2, 0) is 6.54 Å². The molecule has 1 fully saturated rings. The first-order valence-electron chi connectivity index (χ1n) is 7.97. The van der Waals surface area contributed by atoms with Crippen LogP contribution in [0.5, 0.6) is 5.75 Å². The highest BCUT2D eigenvalue weighted by Gasteiger charge is 2.19. The Hall–Kier alpha value is -1.47. The van der Waals surface area contributed by atoms with Crippen LogP contribution in [0.2, 0.25) is 0 Å². The number of β-amino-alcohol motifs (C(OH)–C–C–N with tert-alkyl or cyclic N) is 1. The van der Waals surface area contributed by atoms with Gasteiger partial charge in [-0.2, -0.15) is 0 Å². The monoisotopic (exact) mass is 333 g/mol. The molecule has 0 radical (unpaired) electrons. The zero-order valence-electron chi connectivity index (χ0n) is 13.2. The number of para-hydroxylation sites is 1. The Balaban J connectivity index is 1.35. The number of aromatic nitrogens is 1. The van der Waals surface area contributed by atoms with Gasteiger partial charge in [0.2, 0.25) is 0 Å². The molecule has 124 valence electrons. The number of aliphatic hydroxyl groups excluding tert-OH is 1. The van der Waals surface area contributed by atoms with Crippen LogP contribution in [0.1, 0.15) is 5.69 Å². The Morgan fingerprint density at radius 1 is 1.13 bits per heavy atom. The molecule has 0 spiro atoms. The molecule has 1 aliphatic heterocycles. The van der Waals surface area contributed by atoms with E-state index in [4.69, 9.17) is 4.74 Å². The topological polar surface area (TPSA) is 48.8 Å². The van der Waals surface area contributed by atoms with E-state index in [-0.39, 0.29) is 0 Å². The Bertz CT molecular complexity index is 556. The van der Waals surface area contributed by atoms with Gasteiger partial charge in [-0.15, -0.1) is 11.3 Å². The first kappa shape index (κ1) is 16.4. The Labute approximate surface area is 141 Å². The zero-order chi connectivity index (χ0) is 15.9. The third kappa shape index (κ3) is 5.28. The summed E-state index contributed by atoms with van der Waals surface area (Å²) in [6.07, 6.45) is -0.458. The molecule has 0 bridgehead atoms. The molecule has 1 aliphatic rings. The second-order valence-corrected chi connectivity index (χ2v) is 6.55. The van der Waals surface area contributed by atoms with Gasteiger partial charge in [-0.1, -0.05) is 18.2 Å². The first-order chi connectivity index (χ1) is 11.3. The molecule has 1 aromatic carbocycles. The van der Waals surface area contributed by atoms with Gasteiger partial charge in [0.05, 0.1) is 11.2 Å². The number of hydrogen-bond donors (Lipinski definition) is 1. The van der Waals surface area contributed by atoms with Crippen molar-refractivity contribution in [2.24, 2.45) is 0 Å². The second-order valence-electron chi connectivity index (χ2n) is 5.83. The van der Waals surface area contributed by atoms with Crippen molar-refractivity contribution < 1.29 is 9.84 Å². The lowest BCUT2D eigenvalue weighted by Crippen LogP contribution is -2.48. The number of thiazole rings is 1. The predicted molar refractivity (Wildman–Crippen MR) is 91.8 cm³/mol. The van der Waals surface area contributed by atoms with Crippen molar-refractivity contribution in [2.75, 3.05) is 39.3 Å². The van der Waals surface area contributed by atoms with Crippen molar-refractivity contribution in [3.8, 4) is 5.75 Å². The van der Waals surface area contributed by atoms with Crippen LogP contribution < -0.4 is 4.74 Å². The van der Waals surface area contributed by atoms with E-state index in [1.165, 1.54) is 0 Å². The van der Waals surface area contributed by atoms with Crippen molar-refractivity contribution in [2.45, 2.75) is 12.6 Å². The van der Waals surface area contributed by atoms with Gasteiger partial charge in [0.25, 0.3) is 0 Å². The van der Waals surface area contributed by atoms with E-state index in [9.17, 15) is 5.11 Å². The van der Waals surface area contributed by atoms with Crippen LogP contribution in [0, 0.1) is 0 Å². The molecule has 1 saturated heterocycles. The molecule has 2 aromatic rings. The summed E-state index contributed by atoms with van der Waals surface area (Å²) in [5.41, 5.74) is 3.04. The second kappa shape index (κ2) is 8.40. The number of ether oxygens (including phenoxy) is 1. The fraction of sp³-hybridized carbons (Fsp3) is 0.471. The smallest absolute Gasteiger partial charge is 0.119 e. The fourth-order valence-corrected chi connectivity index (χ4v) is 3.28. The van der Waals surface area contributed by atoms with Crippen LogP contribution in [0.25, 0.3) is 0 Å². The molecular formula is C17H23N3O2S. The molecule has 0 unspecified atom stereocenters. The highest BCUT2D eigenvalue weighted by Crippen LogP contribution is 2.11. The average molecular weight is 333 g/mol. The quantitative estimate of drug-likeness (QED) is 0.836. The lowest BCUT2D eigenvalue weighted by atomic mass is 10.2. The Morgan fingerprint density at radius 2 is 1.87 bits per heavy atom. The summed E-state index contributed by atoms with van der Waals surface area (Å²) < 4.78 is 5.61. The molecule has 23 heavy (non-hydrogen) atoms. The molecule has 6 heteroatoms. The molecule has 1 N–H and O–H groups in total. The average Bonchev–Trinajstić information content (AvgIpc) is 3.09. The molecule has 2 heterocycles. The van der Waals surface area contributed by atoms with Crippen molar-refractivity contribution >= 4 is 11.3 Å². The Morgan fingerprint density at radius 3 is 2.57 bits per heavy atom. The summed E-state index contributed by atoms with van der Waals surface area (Å²) in [6, 6.07) is 9.63.